The van der Waals surface area contributed by atoms with Crippen molar-refractivity contribution in [3.63, 3.8) is 0 Å². The van der Waals surface area contributed by atoms with Crippen LogP contribution in [0.5, 0.6) is 0 Å². The van der Waals surface area contributed by atoms with Crippen LogP contribution < -0.4 is 10.6 Å². The number of alkyl halides is 6. The molecule has 3 N–H and O–H groups in total. The van der Waals surface area contributed by atoms with Gasteiger partial charge in [-0.3, -0.25) is 4.79 Å². The van der Waals surface area contributed by atoms with E-state index in [1.165, 1.54) is 22.8 Å². The van der Waals surface area contributed by atoms with E-state index in [1.807, 2.05) is 0 Å². The Bertz CT molecular complexity index is 911. The molecule has 0 unspecified atom stereocenters. The molecule has 5 nitrogen and oxygen atoms in total. The molecule has 156 valence electrons. The largest absolute Gasteiger partial charge is 0.437 e. The number of hydrogen-bond donors (Lipinski definition) is 3. The maximum absolute atomic E-state index is 13.7. The van der Waals surface area contributed by atoms with E-state index in [0.29, 0.717) is 12.1 Å². The molecule has 0 aliphatic carbocycles. The molecular formula is C17H12F6N2O3S. The number of rotatable bonds is 3. The van der Waals surface area contributed by atoms with Crippen molar-refractivity contribution in [3.05, 3.63) is 57.8 Å². The number of Topliss-reactive ketones (excluding diaryl/α,β-unsaturated/α-hetero) is 1. The Morgan fingerprint density at radius 3 is 2.17 bits per heavy atom. The zero-order valence-corrected chi connectivity index (χ0v) is 15.0. The van der Waals surface area contributed by atoms with Crippen molar-refractivity contribution in [2.24, 2.45) is 5.92 Å². The summed E-state index contributed by atoms with van der Waals surface area (Å²) in [7, 11) is 0. The molecule has 2 heterocycles. The fourth-order valence-corrected chi connectivity index (χ4v) is 3.77. The lowest BCUT2D eigenvalue weighted by Crippen LogP contribution is -2.72. The molecule has 0 spiro atoms. The molecule has 2 amide bonds. The Hall–Kier alpha value is -2.60. The molecule has 3 rings (SSSR count). The summed E-state index contributed by atoms with van der Waals surface area (Å²) in [4.78, 5) is 24.5. The number of nitrogens with one attached hydrogen (secondary N) is 2. The first-order valence-corrected chi connectivity index (χ1v) is 8.85. The Kier molecular flexibility index (Phi) is 5.11. The topological polar surface area (TPSA) is 78.4 Å². The predicted octanol–water partition coefficient (Wildman–Crippen LogP) is 3.87. The van der Waals surface area contributed by atoms with E-state index in [1.54, 1.807) is 0 Å². The summed E-state index contributed by atoms with van der Waals surface area (Å²) in [5.74, 6) is -3.41. The monoisotopic (exact) mass is 438 g/mol. The fraction of sp³-hybridized carbons (Fsp3) is 0.294. The van der Waals surface area contributed by atoms with Crippen LogP contribution in [-0.2, 0) is 6.18 Å². The summed E-state index contributed by atoms with van der Waals surface area (Å²) in [6.45, 7) is 0. The van der Waals surface area contributed by atoms with Crippen molar-refractivity contribution in [1.82, 2.24) is 10.6 Å². The molecule has 29 heavy (non-hydrogen) atoms. The number of halogens is 6. The molecule has 0 saturated carbocycles. The van der Waals surface area contributed by atoms with E-state index < -0.39 is 47.4 Å². The quantitative estimate of drug-likeness (QED) is 0.503. The second-order valence-electron chi connectivity index (χ2n) is 6.28. The number of amides is 2. The van der Waals surface area contributed by atoms with E-state index in [9.17, 15) is 41.0 Å². The molecule has 1 aromatic carbocycles. The van der Waals surface area contributed by atoms with Gasteiger partial charge in [0.25, 0.3) is 0 Å². The van der Waals surface area contributed by atoms with Crippen molar-refractivity contribution in [1.29, 1.82) is 0 Å². The third kappa shape index (κ3) is 3.81. The molecule has 1 saturated heterocycles. The first-order valence-electron chi connectivity index (χ1n) is 7.97. The zero-order valence-electron chi connectivity index (χ0n) is 14.1. The maximum atomic E-state index is 13.7. The van der Waals surface area contributed by atoms with Gasteiger partial charge in [0.1, 0.15) is 5.92 Å². The highest BCUT2D eigenvalue weighted by molar-refractivity contribution is 7.12. The maximum Gasteiger partial charge on any atom is 0.437 e. The van der Waals surface area contributed by atoms with Crippen LogP contribution in [0.3, 0.4) is 0 Å². The Morgan fingerprint density at radius 1 is 1.07 bits per heavy atom. The summed E-state index contributed by atoms with van der Waals surface area (Å²) < 4.78 is 79.3. The molecule has 2 aromatic rings. The van der Waals surface area contributed by atoms with Crippen molar-refractivity contribution >= 4 is 23.2 Å². The Balaban J connectivity index is 2.11. The van der Waals surface area contributed by atoms with Crippen LogP contribution in [0, 0.1) is 5.92 Å². The molecule has 1 aromatic heterocycles. The third-order valence-corrected chi connectivity index (χ3v) is 5.33. The second kappa shape index (κ2) is 7.02. The highest BCUT2D eigenvalue weighted by Gasteiger charge is 2.66. The van der Waals surface area contributed by atoms with Crippen LogP contribution in [0.4, 0.5) is 31.1 Å². The van der Waals surface area contributed by atoms with E-state index >= 15 is 0 Å². The van der Waals surface area contributed by atoms with E-state index in [2.05, 4.69) is 5.32 Å². The van der Waals surface area contributed by atoms with Crippen LogP contribution in [0.25, 0.3) is 0 Å². The second-order valence-corrected chi connectivity index (χ2v) is 7.23. The first-order chi connectivity index (χ1) is 13.3. The van der Waals surface area contributed by atoms with Gasteiger partial charge in [-0.2, -0.15) is 26.3 Å². The van der Waals surface area contributed by atoms with Gasteiger partial charge in [-0.15, -0.1) is 11.3 Å². The van der Waals surface area contributed by atoms with Crippen molar-refractivity contribution in [2.75, 3.05) is 0 Å². The Morgan fingerprint density at radius 2 is 1.69 bits per heavy atom. The van der Waals surface area contributed by atoms with Gasteiger partial charge in [-0.1, -0.05) is 18.2 Å². The number of carbonyl (C=O) groups is 2. The average molecular weight is 438 g/mol. The minimum Gasteiger partial charge on any atom is -0.363 e. The van der Waals surface area contributed by atoms with Crippen LogP contribution in [0.2, 0.25) is 0 Å². The fourth-order valence-electron chi connectivity index (χ4n) is 3.07. The summed E-state index contributed by atoms with van der Waals surface area (Å²) >= 11 is 0.823. The number of benzene rings is 1. The lowest BCUT2D eigenvalue weighted by Gasteiger charge is -2.44. The number of urea groups is 1. The van der Waals surface area contributed by atoms with Crippen molar-refractivity contribution in [2.45, 2.75) is 24.1 Å². The van der Waals surface area contributed by atoms with Crippen molar-refractivity contribution in [3.8, 4) is 0 Å². The van der Waals surface area contributed by atoms with Crippen molar-refractivity contribution < 1.29 is 41.0 Å². The third-order valence-electron chi connectivity index (χ3n) is 4.45. The molecular weight excluding hydrogens is 426 g/mol. The molecule has 1 aliphatic heterocycles. The van der Waals surface area contributed by atoms with Crippen LogP contribution in [0.1, 0.15) is 26.8 Å². The normalized spacial score (nSPS) is 25.3. The van der Waals surface area contributed by atoms with Gasteiger partial charge in [0, 0.05) is 0 Å². The van der Waals surface area contributed by atoms with Gasteiger partial charge in [0.2, 0.25) is 5.72 Å². The van der Waals surface area contributed by atoms with Crippen LogP contribution in [0.15, 0.2) is 41.8 Å². The van der Waals surface area contributed by atoms with Gasteiger partial charge < -0.3 is 15.7 Å². The number of aliphatic hydroxyl groups is 1. The molecule has 1 aliphatic rings. The summed E-state index contributed by atoms with van der Waals surface area (Å²) in [5.41, 5.74) is -5.19. The molecule has 12 heteroatoms. The van der Waals surface area contributed by atoms with Crippen LogP contribution in [-0.4, -0.2) is 28.8 Å². The number of hydrogen-bond acceptors (Lipinski definition) is 4. The highest BCUT2D eigenvalue weighted by atomic mass is 32.1. The predicted molar refractivity (Wildman–Crippen MR) is 89.0 cm³/mol. The standard InChI is InChI=1S/C17H12F6N2O3S/c18-16(19,20)9-5-3-8(4-6-9)12-11(13(26)10-2-1-7-29-10)15(28,17(21,22)23)25-14(27)24-12/h1-7,11-12,28H,(H2,24,25,27)/t11-,12-,15+/m0/s1. The SMILES string of the molecule is O=C1N[C@@H](c2ccc(C(F)(F)F)cc2)[C@@H](C(=O)c2cccs2)[C@@](O)(C(F)(F)F)N1. The number of thiophene rings is 1. The minimum atomic E-state index is -5.44. The highest BCUT2D eigenvalue weighted by Crippen LogP contribution is 2.44. The molecule has 0 bridgehead atoms. The minimum absolute atomic E-state index is 0.118. The Labute approximate surface area is 163 Å². The smallest absolute Gasteiger partial charge is 0.363 e. The summed E-state index contributed by atoms with van der Waals surface area (Å²) in [6, 6.07) is 2.43. The lowest BCUT2D eigenvalue weighted by atomic mass is 9.78. The van der Waals surface area contributed by atoms with Gasteiger partial charge in [0.05, 0.1) is 16.5 Å². The number of carbonyl (C=O) groups excluding carboxylic acids is 2. The molecule has 1 fully saturated rings. The number of ketones is 1. The zero-order chi connectivity index (χ0) is 21.6. The van der Waals surface area contributed by atoms with E-state index in [-0.39, 0.29) is 10.4 Å². The average Bonchev–Trinajstić information content (AvgIpc) is 3.13. The van der Waals surface area contributed by atoms with Gasteiger partial charge in [-0.25, -0.2) is 4.79 Å². The van der Waals surface area contributed by atoms with E-state index in [4.69, 9.17) is 0 Å². The van der Waals surface area contributed by atoms with Crippen LogP contribution >= 0.6 is 11.3 Å². The lowest BCUT2D eigenvalue weighted by molar-refractivity contribution is -0.287. The molecule has 3 atom stereocenters. The van der Waals surface area contributed by atoms with E-state index in [0.717, 1.165) is 23.5 Å². The van der Waals surface area contributed by atoms with Gasteiger partial charge in [-0.05, 0) is 29.1 Å². The summed E-state index contributed by atoms with van der Waals surface area (Å²) in [5, 5.41) is 15.2. The van der Waals surface area contributed by atoms with Gasteiger partial charge >= 0.3 is 18.4 Å². The molecule has 0 radical (unpaired) electrons. The first kappa shape index (κ1) is 21.1. The van der Waals surface area contributed by atoms with Gasteiger partial charge in [0.15, 0.2) is 5.78 Å². The summed E-state index contributed by atoms with van der Waals surface area (Å²) in [6.07, 6.45) is -10.1.